The Bertz CT molecular complexity index is 800. The van der Waals surface area contributed by atoms with Crippen LogP contribution in [0.15, 0.2) is 48.5 Å². The van der Waals surface area contributed by atoms with Crippen molar-refractivity contribution in [1.82, 2.24) is 5.32 Å². The minimum absolute atomic E-state index is 0.162. The van der Waals surface area contributed by atoms with Gasteiger partial charge in [-0.25, -0.2) is 4.79 Å². The molecule has 0 aromatic heterocycles. The number of nitrogens with one attached hydrogen (secondary N) is 1. The van der Waals surface area contributed by atoms with Gasteiger partial charge in [0.2, 0.25) is 5.91 Å². The van der Waals surface area contributed by atoms with Crippen molar-refractivity contribution >= 4 is 11.9 Å². The summed E-state index contributed by atoms with van der Waals surface area (Å²) in [5.41, 5.74) is 4.02. The van der Waals surface area contributed by atoms with E-state index in [1.165, 1.54) is 7.11 Å². The second-order valence-corrected chi connectivity index (χ2v) is 7.31. The summed E-state index contributed by atoms with van der Waals surface area (Å²) >= 11 is 0. The molecule has 1 aliphatic rings. The molecule has 0 unspecified atom stereocenters. The van der Waals surface area contributed by atoms with Crippen LogP contribution in [0.3, 0.4) is 0 Å². The molecule has 2 atom stereocenters. The van der Waals surface area contributed by atoms with Gasteiger partial charge in [0.25, 0.3) is 0 Å². The van der Waals surface area contributed by atoms with Gasteiger partial charge in [0.15, 0.2) is 0 Å². The van der Waals surface area contributed by atoms with Crippen molar-refractivity contribution in [3.05, 3.63) is 59.7 Å². The maximum atomic E-state index is 12.6. The highest BCUT2D eigenvalue weighted by molar-refractivity contribution is 5.90. The van der Waals surface area contributed by atoms with Crippen LogP contribution in [-0.4, -0.2) is 36.2 Å². The number of aliphatic hydroxyl groups is 1. The van der Waals surface area contributed by atoms with E-state index in [1.54, 1.807) is 0 Å². The fraction of sp³-hybridized carbons (Fsp3) is 0.364. The van der Waals surface area contributed by atoms with Crippen LogP contribution in [0, 0.1) is 5.92 Å². The first-order valence-corrected chi connectivity index (χ1v) is 9.18. The molecule has 2 N–H and O–H groups in total. The Morgan fingerprint density at radius 3 is 2.04 bits per heavy atom. The van der Waals surface area contributed by atoms with E-state index < -0.39 is 24.0 Å². The lowest BCUT2D eigenvalue weighted by molar-refractivity contribution is -0.146. The minimum Gasteiger partial charge on any atom is -0.467 e. The number of amides is 1. The highest BCUT2D eigenvalue weighted by Crippen LogP contribution is 2.46. The third kappa shape index (κ3) is 3.74. The van der Waals surface area contributed by atoms with E-state index in [4.69, 9.17) is 4.74 Å². The number of esters is 1. The number of rotatable bonds is 6. The molecule has 0 spiro atoms. The third-order valence-electron chi connectivity index (χ3n) is 4.97. The van der Waals surface area contributed by atoms with Crippen LogP contribution in [-0.2, 0) is 14.3 Å². The Morgan fingerprint density at radius 2 is 1.56 bits per heavy atom. The van der Waals surface area contributed by atoms with Crippen LogP contribution in [0.2, 0.25) is 0 Å². The predicted octanol–water partition coefficient (Wildman–Crippen LogP) is 2.86. The van der Waals surface area contributed by atoms with Gasteiger partial charge in [-0.05, 0) is 34.6 Å². The molecule has 2 aromatic rings. The van der Waals surface area contributed by atoms with E-state index in [0.29, 0.717) is 6.42 Å². The van der Waals surface area contributed by atoms with Crippen molar-refractivity contribution in [2.45, 2.75) is 38.3 Å². The summed E-state index contributed by atoms with van der Waals surface area (Å²) in [6.07, 6.45) is -0.832. The lowest BCUT2D eigenvalue weighted by Crippen LogP contribution is -2.49. The Balaban J connectivity index is 1.99. The highest BCUT2D eigenvalue weighted by Gasteiger charge is 2.40. The first-order chi connectivity index (χ1) is 12.9. The normalized spacial score (nSPS) is 15.0. The molecule has 2 aromatic carbocycles. The van der Waals surface area contributed by atoms with E-state index >= 15 is 0 Å². The number of fused-ring (bicyclic) bond motifs is 3. The van der Waals surface area contributed by atoms with Gasteiger partial charge in [-0.2, -0.15) is 0 Å². The molecule has 27 heavy (non-hydrogen) atoms. The van der Waals surface area contributed by atoms with Gasteiger partial charge in [-0.3, -0.25) is 4.79 Å². The molecule has 3 rings (SSSR count). The average molecular weight is 367 g/mol. The number of ether oxygens (including phenoxy) is 1. The number of benzene rings is 2. The molecular weight excluding hydrogens is 342 g/mol. The van der Waals surface area contributed by atoms with Crippen LogP contribution in [0.25, 0.3) is 11.1 Å². The van der Waals surface area contributed by atoms with E-state index in [2.05, 4.69) is 5.32 Å². The highest BCUT2D eigenvalue weighted by atomic mass is 16.5. The summed E-state index contributed by atoms with van der Waals surface area (Å²) in [5.74, 6) is -1.28. The molecule has 0 saturated heterocycles. The van der Waals surface area contributed by atoms with Crippen LogP contribution >= 0.6 is 0 Å². The number of hydrogen-bond acceptors (Lipinski definition) is 4. The first kappa shape index (κ1) is 19.1. The molecule has 0 fully saturated rings. The number of carbonyl (C=O) groups is 2. The van der Waals surface area contributed by atoms with Crippen LogP contribution in [0.5, 0.6) is 0 Å². The van der Waals surface area contributed by atoms with Crippen LogP contribution in [0.1, 0.15) is 37.3 Å². The number of methoxy groups -OCH3 is 1. The zero-order valence-corrected chi connectivity index (χ0v) is 15.8. The average Bonchev–Trinajstić information content (AvgIpc) is 2.99. The van der Waals surface area contributed by atoms with Gasteiger partial charge >= 0.3 is 5.97 Å². The van der Waals surface area contributed by atoms with Crippen molar-refractivity contribution in [2.24, 2.45) is 5.92 Å². The molecule has 0 heterocycles. The van der Waals surface area contributed by atoms with Crippen molar-refractivity contribution in [3.8, 4) is 11.1 Å². The van der Waals surface area contributed by atoms with Gasteiger partial charge in [0, 0.05) is 5.92 Å². The number of aliphatic hydroxyl groups excluding tert-OH is 1. The summed E-state index contributed by atoms with van der Waals surface area (Å²) in [7, 11) is 1.30. The number of carbonyl (C=O) groups excluding carboxylic acids is 2. The second-order valence-electron chi connectivity index (χ2n) is 7.31. The molecule has 142 valence electrons. The quantitative estimate of drug-likeness (QED) is 0.770. The Hall–Kier alpha value is -2.66. The van der Waals surface area contributed by atoms with Crippen molar-refractivity contribution < 1.29 is 19.4 Å². The Morgan fingerprint density at radius 1 is 1.04 bits per heavy atom. The minimum atomic E-state index is -1.16. The Labute approximate surface area is 159 Å². The number of hydrogen-bond donors (Lipinski definition) is 2. The van der Waals surface area contributed by atoms with Gasteiger partial charge in [0.05, 0.1) is 7.11 Å². The molecule has 1 amide bonds. The molecule has 5 heteroatoms. The largest absolute Gasteiger partial charge is 0.467 e. The molecule has 0 saturated carbocycles. The zero-order valence-electron chi connectivity index (χ0n) is 15.8. The SMILES string of the molecule is COC(=O)[C@H](NC(=O)[C@H](O)CC(C)C)C1c2ccccc2-c2ccccc21. The smallest absolute Gasteiger partial charge is 0.329 e. The first-order valence-electron chi connectivity index (χ1n) is 9.18. The maximum absolute atomic E-state index is 12.6. The fourth-order valence-corrected chi connectivity index (χ4v) is 3.76. The maximum Gasteiger partial charge on any atom is 0.329 e. The van der Waals surface area contributed by atoms with Crippen molar-refractivity contribution in [2.75, 3.05) is 7.11 Å². The van der Waals surface area contributed by atoms with Crippen LogP contribution < -0.4 is 5.32 Å². The molecule has 1 aliphatic carbocycles. The van der Waals surface area contributed by atoms with Crippen LogP contribution in [0.4, 0.5) is 0 Å². The van der Waals surface area contributed by atoms with Gasteiger partial charge in [-0.15, -0.1) is 0 Å². The monoisotopic (exact) mass is 367 g/mol. The van der Waals surface area contributed by atoms with E-state index in [0.717, 1.165) is 22.3 Å². The molecule has 5 nitrogen and oxygen atoms in total. The molecule has 0 bridgehead atoms. The summed E-state index contributed by atoms with van der Waals surface area (Å²) in [4.78, 5) is 25.1. The van der Waals surface area contributed by atoms with E-state index in [1.807, 2.05) is 62.4 Å². The van der Waals surface area contributed by atoms with Gasteiger partial charge < -0.3 is 15.2 Å². The van der Waals surface area contributed by atoms with Crippen molar-refractivity contribution in [3.63, 3.8) is 0 Å². The third-order valence-corrected chi connectivity index (χ3v) is 4.97. The zero-order chi connectivity index (χ0) is 19.6. The van der Waals surface area contributed by atoms with E-state index in [-0.39, 0.29) is 11.8 Å². The molecular formula is C22H25NO4. The second kappa shape index (κ2) is 7.92. The van der Waals surface area contributed by atoms with Gasteiger partial charge in [-0.1, -0.05) is 62.4 Å². The fourth-order valence-electron chi connectivity index (χ4n) is 3.76. The lowest BCUT2D eigenvalue weighted by Gasteiger charge is -2.26. The van der Waals surface area contributed by atoms with E-state index in [9.17, 15) is 14.7 Å². The van der Waals surface area contributed by atoms with Crippen molar-refractivity contribution in [1.29, 1.82) is 0 Å². The standard InChI is InChI=1S/C22H25NO4/c1-13(2)12-18(24)21(25)23-20(22(26)27-3)19-16-10-6-4-8-14(16)15-9-5-7-11-17(15)19/h4-11,13,18-20,24H,12H2,1-3H3,(H,23,25)/t18-,20-/m1/s1. The molecule has 0 aliphatic heterocycles. The summed E-state index contributed by atoms with van der Waals surface area (Å²) < 4.78 is 4.98. The van der Waals surface area contributed by atoms with Gasteiger partial charge in [0.1, 0.15) is 12.1 Å². The summed E-state index contributed by atoms with van der Waals surface area (Å²) in [5, 5.41) is 12.9. The molecule has 0 radical (unpaired) electrons. The summed E-state index contributed by atoms with van der Waals surface area (Å²) in [6, 6.07) is 14.8. The lowest BCUT2D eigenvalue weighted by atomic mass is 9.89. The predicted molar refractivity (Wildman–Crippen MR) is 103 cm³/mol. The Kier molecular flexibility index (Phi) is 5.61. The summed E-state index contributed by atoms with van der Waals surface area (Å²) in [6.45, 7) is 3.86. The topological polar surface area (TPSA) is 75.6 Å².